The minimum Gasteiger partial charge on any atom is -0.324 e. The standard InChI is InChI=1S/C21H24FN3O2S/c1-14-15(2)28-12-11-25(14)13-20(26)24-19-6-4-3-5-18(19)21(27)23-17-9-7-16(22)8-10-17/h3-10,14-15H,11-13H2,1-2H3,(H,23,27)(H,24,26). The highest BCUT2D eigenvalue weighted by molar-refractivity contribution is 8.00. The zero-order chi connectivity index (χ0) is 20.1. The Morgan fingerprint density at radius 1 is 1.11 bits per heavy atom. The number of anilines is 2. The van der Waals surface area contributed by atoms with Crippen LogP contribution in [0.2, 0.25) is 0 Å². The molecule has 28 heavy (non-hydrogen) atoms. The molecule has 1 saturated heterocycles. The van der Waals surface area contributed by atoms with Crippen molar-refractivity contribution in [2.75, 3.05) is 29.5 Å². The highest BCUT2D eigenvalue weighted by Gasteiger charge is 2.26. The SMILES string of the molecule is CC1SCCN(CC(=O)Nc2ccccc2C(=O)Nc2ccc(F)cc2)C1C. The van der Waals surface area contributed by atoms with Crippen LogP contribution >= 0.6 is 11.8 Å². The van der Waals surface area contributed by atoms with Crippen LogP contribution in [-0.4, -0.2) is 46.8 Å². The number of carbonyl (C=O) groups is 2. The highest BCUT2D eigenvalue weighted by atomic mass is 32.2. The molecule has 1 heterocycles. The second kappa shape index (κ2) is 9.21. The first kappa shape index (κ1) is 20.4. The van der Waals surface area contributed by atoms with Crippen LogP contribution in [0.25, 0.3) is 0 Å². The maximum absolute atomic E-state index is 13.0. The molecule has 0 aliphatic carbocycles. The Morgan fingerprint density at radius 2 is 1.82 bits per heavy atom. The second-order valence-corrected chi connectivity index (χ2v) is 8.33. The Morgan fingerprint density at radius 3 is 2.57 bits per heavy atom. The number of hydrogen-bond acceptors (Lipinski definition) is 4. The molecular formula is C21H24FN3O2S. The van der Waals surface area contributed by atoms with Crippen LogP contribution < -0.4 is 10.6 Å². The van der Waals surface area contributed by atoms with Crippen molar-refractivity contribution in [2.24, 2.45) is 0 Å². The van der Waals surface area contributed by atoms with Crippen LogP contribution in [0.15, 0.2) is 48.5 Å². The number of thioether (sulfide) groups is 1. The lowest BCUT2D eigenvalue weighted by Gasteiger charge is -2.36. The van der Waals surface area contributed by atoms with Gasteiger partial charge >= 0.3 is 0 Å². The van der Waals surface area contributed by atoms with Gasteiger partial charge in [-0.1, -0.05) is 19.1 Å². The van der Waals surface area contributed by atoms with Gasteiger partial charge in [0, 0.05) is 29.3 Å². The Hall–Kier alpha value is -2.38. The molecule has 0 saturated carbocycles. The van der Waals surface area contributed by atoms with E-state index in [1.54, 1.807) is 24.3 Å². The van der Waals surface area contributed by atoms with Gasteiger partial charge in [-0.05, 0) is 43.3 Å². The number of halogens is 1. The molecule has 5 nitrogen and oxygen atoms in total. The summed E-state index contributed by atoms with van der Waals surface area (Å²) in [6.07, 6.45) is 0. The van der Waals surface area contributed by atoms with E-state index in [9.17, 15) is 14.0 Å². The van der Waals surface area contributed by atoms with Gasteiger partial charge in [-0.15, -0.1) is 0 Å². The summed E-state index contributed by atoms with van der Waals surface area (Å²) in [6, 6.07) is 12.7. The van der Waals surface area contributed by atoms with Crippen molar-refractivity contribution in [3.63, 3.8) is 0 Å². The first-order valence-corrected chi connectivity index (χ1v) is 10.3. The Kier molecular flexibility index (Phi) is 6.70. The molecule has 0 spiro atoms. The molecular weight excluding hydrogens is 377 g/mol. The van der Waals surface area contributed by atoms with Crippen molar-refractivity contribution in [3.05, 3.63) is 59.9 Å². The lowest BCUT2D eigenvalue weighted by atomic mass is 10.1. The summed E-state index contributed by atoms with van der Waals surface area (Å²) in [5, 5.41) is 6.07. The molecule has 7 heteroatoms. The van der Waals surface area contributed by atoms with E-state index >= 15 is 0 Å². The lowest BCUT2D eigenvalue weighted by molar-refractivity contribution is -0.117. The van der Waals surface area contributed by atoms with Gasteiger partial charge in [0.05, 0.1) is 17.8 Å². The summed E-state index contributed by atoms with van der Waals surface area (Å²) < 4.78 is 13.0. The monoisotopic (exact) mass is 401 g/mol. The van der Waals surface area contributed by atoms with Crippen molar-refractivity contribution in [3.8, 4) is 0 Å². The Labute approximate surface area is 168 Å². The molecule has 2 N–H and O–H groups in total. The van der Waals surface area contributed by atoms with Crippen molar-refractivity contribution in [1.82, 2.24) is 4.90 Å². The Bertz CT molecular complexity index is 844. The van der Waals surface area contributed by atoms with Crippen LogP contribution in [0.4, 0.5) is 15.8 Å². The predicted molar refractivity (Wildman–Crippen MR) is 112 cm³/mol. The van der Waals surface area contributed by atoms with Gasteiger partial charge in [-0.3, -0.25) is 14.5 Å². The van der Waals surface area contributed by atoms with E-state index in [2.05, 4.69) is 29.4 Å². The third-order valence-electron chi connectivity index (χ3n) is 4.91. The van der Waals surface area contributed by atoms with Gasteiger partial charge in [0.2, 0.25) is 5.91 Å². The van der Waals surface area contributed by atoms with Gasteiger partial charge in [0.1, 0.15) is 5.82 Å². The molecule has 2 atom stereocenters. The smallest absolute Gasteiger partial charge is 0.257 e. The molecule has 2 unspecified atom stereocenters. The largest absolute Gasteiger partial charge is 0.324 e. The quantitative estimate of drug-likeness (QED) is 0.799. The van der Waals surface area contributed by atoms with Crippen molar-refractivity contribution in [2.45, 2.75) is 25.1 Å². The van der Waals surface area contributed by atoms with E-state index in [4.69, 9.17) is 0 Å². The number of carbonyl (C=O) groups excluding carboxylic acids is 2. The molecule has 0 bridgehead atoms. The number of hydrogen-bond donors (Lipinski definition) is 2. The van der Waals surface area contributed by atoms with Gasteiger partial charge < -0.3 is 10.6 Å². The predicted octanol–water partition coefficient (Wildman–Crippen LogP) is 3.84. The molecule has 1 aliphatic rings. The fraction of sp³-hybridized carbons (Fsp3) is 0.333. The first-order chi connectivity index (χ1) is 13.4. The third-order valence-corrected chi connectivity index (χ3v) is 6.25. The molecule has 0 aromatic heterocycles. The number of rotatable bonds is 5. The fourth-order valence-electron chi connectivity index (χ4n) is 3.11. The molecule has 2 aromatic carbocycles. The fourth-order valence-corrected chi connectivity index (χ4v) is 4.28. The zero-order valence-electron chi connectivity index (χ0n) is 15.9. The average molecular weight is 402 g/mol. The van der Waals surface area contributed by atoms with Crippen LogP contribution in [0.3, 0.4) is 0 Å². The van der Waals surface area contributed by atoms with Gasteiger partial charge in [0.15, 0.2) is 0 Å². The number of para-hydroxylation sites is 1. The summed E-state index contributed by atoms with van der Waals surface area (Å²) in [6.45, 7) is 5.47. The number of benzene rings is 2. The Balaban J connectivity index is 1.66. The lowest BCUT2D eigenvalue weighted by Crippen LogP contribution is -2.47. The topological polar surface area (TPSA) is 61.4 Å². The van der Waals surface area contributed by atoms with Crippen LogP contribution in [0.5, 0.6) is 0 Å². The number of nitrogens with zero attached hydrogens (tertiary/aromatic N) is 1. The van der Waals surface area contributed by atoms with E-state index in [0.717, 1.165) is 12.3 Å². The zero-order valence-corrected chi connectivity index (χ0v) is 16.8. The number of nitrogens with one attached hydrogen (secondary N) is 2. The molecule has 1 aliphatic heterocycles. The van der Waals surface area contributed by atoms with Crippen molar-refractivity contribution in [1.29, 1.82) is 0 Å². The van der Waals surface area contributed by atoms with Crippen LogP contribution in [0.1, 0.15) is 24.2 Å². The van der Waals surface area contributed by atoms with E-state index in [0.29, 0.717) is 34.8 Å². The molecule has 3 rings (SSSR count). The third kappa shape index (κ3) is 5.11. The minimum absolute atomic E-state index is 0.145. The van der Waals surface area contributed by atoms with Gasteiger partial charge in [-0.2, -0.15) is 11.8 Å². The second-order valence-electron chi connectivity index (χ2n) is 6.84. The summed E-state index contributed by atoms with van der Waals surface area (Å²) >= 11 is 1.92. The van der Waals surface area contributed by atoms with Crippen LogP contribution in [0, 0.1) is 5.82 Å². The normalized spacial score (nSPS) is 19.8. The number of amides is 2. The summed E-state index contributed by atoms with van der Waals surface area (Å²) in [7, 11) is 0. The summed E-state index contributed by atoms with van der Waals surface area (Å²) in [4.78, 5) is 27.4. The van der Waals surface area contributed by atoms with E-state index < -0.39 is 0 Å². The van der Waals surface area contributed by atoms with Crippen molar-refractivity contribution < 1.29 is 14.0 Å². The van der Waals surface area contributed by atoms with Crippen molar-refractivity contribution >= 4 is 35.0 Å². The maximum atomic E-state index is 13.0. The minimum atomic E-state index is -0.370. The van der Waals surface area contributed by atoms with E-state index in [-0.39, 0.29) is 17.6 Å². The van der Waals surface area contributed by atoms with E-state index in [1.165, 1.54) is 24.3 Å². The average Bonchev–Trinajstić information content (AvgIpc) is 2.67. The molecule has 1 fully saturated rings. The molecule has 0 radical (unpaired) electrons. The molecule has 2 aromatic rings. The highest BCUT2D eigenvalue weighted by Crippen LogP contribution is 2.24. The van der Waals surface area contributed by atoms with Gasteiger partial charge in [-0.25, -0.2) is 4.39 Å². The van der Waals surface area contributed by atoms with Crippen LogP contribution in [-0.2, 0) is 4.79 Å². The maximum Gasteiger partial charge on any atom is 0.257 e. The first-order valence-electron chi connectivity index (χ1n) is 9.25. The summed E-state index contributed by atoms with van der Waals surface area (Å²) in [5.74, 6) is 0.132. The summed E-state index contributed by atoms with van der Waals surface area (Å²) in [5.41, 5.74) is 1.30. The van der Waals surface area contributed by atoms with Gasteiger partial charge in [0.25, 0.3) is 5.91 Å². The van der Waals surface area contributed by atoms with E-state index in [1.807, 2.05) is 11.8 Å². The molecule has 2 amide bonds. The molecule has 148 valence electrons.